The van der Waals surface area contributed by atoms with Crippen molar-refractivity contribution in [2.24, 2.45) is 11.7 Å². The van der Waals surface area contributed by atoms with Crippen LogP contribution in [0.25, 0.3) is 0 Å². The fourth-order valence-corrected chi connectivity index (χ4v) is 2.07. The molecule has 4 heteroatoms. The maximum atomic E-state index is 10.1. The molecule has 4 nitrogen and oxygen atoms in total. The van der Waals surface area contributed by atoms with Gasteiger partial charge in [-0.25, -0.2) is 4.79 Å². The molecule has 3 N–H and O–H groups in total. The SMILES string of the molecule is NCCN1CCC(CCC(O)=C=O)CC1. The van der Waals surface area contributed by atoms with Crippen LogP contribution in [0.4, 0.5) is 0 Å². The molecule has 0 radical (unpaired) electrons. The Labute approximate surface area is 90.7 Å². The molecule has 0 amide bonds. The van der Waals surface area contributed by atoms with Crippen LogP contribution < -0.4 is 5.73 Å². The van der Waals surface area contributed by atoms with Gasteiger partial charge in [-0.15, -0.1) is 0 Å². The van der Waals surface area contributed by atoms with Crippen molar-refractivity contribution in [3.8, 4) is 0 Å². The van der Waals surface area contributed by atoms with Crippen LogP contribution in [0.3, 0.4) is 0 Å². The third-order valence-corrected chi connectivity index (χ3v) is 3.06. The summed E-state index contributed by atoms with van der Waals surface area (Å²) in [6.07, 6.45) is 3.67. The van der Waals surface area contributed by atoms with Gasteiger partial charge < -0.3 is 15.7 Å². The molecule has 0 saturated carbocycles. The lowest BCUT2D eigenvalue weighted by atomic mass is 9.92. The van der Waals surface area contributed by atoms with Gasteiger partial charge in [0, 0.05) is 19.5 Å². The lowest BCUT2D eigenvalue weighted by Gasteiger charge is -2.31. The summed E-state index contributed by atoms with van der Waals surface area (Å²) < 4.78 is 0. The molecule has 0 aromatic rings. The monoisotopic (exact) mass is 212 g/mol. The Bertz CT molecular complexity index is 229. The van der Waals surface area contributed by atoms with Crippen LogP contribution in [0.15, 0.2) is 5.76 Å². The normalized spacial score (nSPS) is 18.7. The molecule has 1 fully saturated rings. The molecule has 0 aliphatic carbocycles. The summed E-state index contributed by atoms with van der Waals surface area (Å²) >= 11 is 0. The second kappa shape index (κ2) is 6.62. The van der Waals surface area contributed by atoms with Gasteiger partial charge in [0.1, 0.15) is 0 Å². The molecule has 0 bridgehead atoms. The van der Waals surface area contributed by atoms with E-state index in [1.165, 1.54) is 5.94 Å². The van der Waals surface area contributed by atoms with Crippen molar-refractivity contribution >= 4 is 5.94 Å². The van der Waals surface area contributed by atoms with Crippen LogP contribution >= 0.6 is 0 Å². The lowest BCUT2D eigenvalue weighted by molar-refractivity contribution is 0.180. The highest BCUT2D eigenvalue weighted by molar-refractivity contribution is 5.48. The zero-order valence-electron chi connectivity index (χ0n) is 9.11. The predicted molar refractivity (Wildman–Crippen MR) is 59.3 cm³/mol. The molecule has 0 spiro atoms. The summed E-state index contributed by atoms with van der Waals surface area (Å²) in [6.45, 7) is 3.88. The Morgan fingerprint density at radius 2 is 2.13 bits per heavy atom. The number of piperidine rings is 1. The van der Waals surface area contributed by atoms with E-state index in [4.69, 9.17) is 10.8 Å². The minimum atomic E-state index is -0.139. The first-order valence-corrected chi connectivity index (χ1v) is 5.61. The molecular formula is C11H20N2O2. The van der Waals surface area contributed by atoms with E-state index in [9.17, 15) is 4.79 Å². The fourth-order valence-electron chi connectivity index (χ4n) is 2.07. The van der Waals surface area contributed by atoms with E-state index in [1.807, 2.05) is 0 Å². The van der Waals surface area contributed by atoms with Gasteiger partial charge in [-0.2, -0.15) is 0 Å². The topological polar surface area (TPSA) is 66.6 Å². The van der Waals surface area contributed by atoms with Gasteiger partial charge in [-0.05, 0) is 38.3 Å². The average Bonchev–Trinajstić information content (AvgIpc) is 2.28. The summed E-state index contributed by atoms with van der Waals surface area (Å²) in [5, 5.41) is 8.99. The van der Waals surface area contributed by atoms with Crippen LogP contribution in [0.1, 0.15) is 25.7 Å². The van der Waals surface area contributed by atoms with Gasteiger partial charge in [0.25, 0.3) is 0 Å². The van der Waals surface area contributed by atoms with Gasteiger partial charge in [-0.1, -0.05) is 0 Å². The molecule has 0 atom stereocenters. The van der Waals surface area contributed by atoms with Gasteiger partial charge in [-0.3, -0.25) is 0 Å². The predicted octanol–water partition coefficient (Wildman–Crippen LogP) is 0.711. The zero-order valence-corrected chi connectivity index (χ0v) is 9.11. The molecule has 15 heavy (non-hydrogen) atoms. The number of nitrogens with two attached hydrogens (primary N) is 1. The summed E-state index contributed by atoms with van der Waals surface area (Å²) in [5.41, 5.74) is 5.49. The smallest absolute Gasteiger partial charge is 0.176 e. The third-order valence-electron chi connectivity index (χ3n) is 3.06. The fraction of sp³-hybridized carbons (Fsp3) is 0.818. The summed E-state index contributed by atoms with van der Waals surface area (Å²) in [7, 11) is 0. The first kappa shape index (κ1) is 12.2. The van der Waals surface area contributed by atoms with Crippen LogP contribution in [0.5, 0.6) is 0 Å². The minimum Gasteiger partial charge on any atom is -0.502 e. The molecule has 1 heterocycles. The average molecular weight is 212 g/mol. The highest BCUT2D eigenvalue weighted by Gasteiger charge is 2.18. The van der Waals surface area contributed by atoms with Crippen molar-refractivity contribution < 1.29 is 9.90 Å². The molecule has 1 aliphatic heterocycles. The highest BCUT2D eigenvalue weighted by Crippen LogP contribution is 2.22. The first-order chi connectivity index (χ1) is 7.26. The third kappa shape index (κ3) is 4.47. The number of allylic oxidation sites excluding steroid dienone is 1. The summed E-state index contributed by atoms with van der Waals surface area (Å²) in [5.74, 6) is 2.02. The van der Waals surface area contributed by atoms with E-state index in [0.717, 1.165) is 45.4 Å². The van der Waals surface area contributed by atoms with Gasteiger partial charge in [0.15, 0.2) is 11.7 Å². The molecule has 1 aliphatic rings. The van der Waals surface area contributed by atoms with E-state index in [1.54, 1.807) is 0 Å². The molecule has 0 unspecified atom stereocenters. The molecule has 1 rings (SSSR count). The van der Waals surface area contributed by atoms with Crippen molar-refractivity contribution in [1.82, 2.24) is 4.90 Å². The van der Waals surface area contributed by atoms with Crippen LogP contribution in [0.2, 0.25) is 0 Å². The molecule has 0 aromatic carbocycles. The van der Waals surface area contributed by atoms with Crippen molar-refractivity contribution in [3.63, 3.8) is 0 Å². The Balaban J connectivity index is 2.17. The second-order valence-corrected chi connectivity index (χ2v) is 4.16. The van der Waals surface area contributed by atoms with Crippen molar-refractivity contribution in [1.29, 1.82) is 0 Å². The number of aliphatic hydroxyl groups is 1. The van der Waals surface area contributed by atoms with E-state index in [-0.39, 0.29) is 5.76 Å². The van der Waals surface area contributed by atoms with Crippen molar-refractivity contribution in [2.45, 2.75) is 25.7 Å². The van der Waals surface area contributed by atoms with E-state index in [2.05, 4.69) is 4.90 Å². The Morgan fingerprint density at radius 1 is 1.47 bits per heavy atom. The van der Waals surface area contributed by atoms with E-state index >= 15 is 0 Å². The maximum absolute atomic E-state index is 10.1. The number of nitrogens with zero attached hydrogens (tertiary/aromatic N) is 1. The van der Waals surface area contributed by atoms with Gasteiger partial charge >= 0.3 is 0 Å². The Hall–Kier alpha value is -0.830. The Kier molecular flexibility index (Phi) is 5.40. The highest BCUT2D eigenvalue weighted by atomic mass is 16.3. The van der Waals surface area contributed by atoms with E-state index < -0.39 is 0 Å². The number of aliphatic hydroxyl groups excluding tert-OH is 1. The van der Waals surface area contributed by atoms with Crippen LogP contribution in [-0.2, 0) is 4.79 Å². The first-order valence-electron chi connectivity index (χ1n) is 5.61. The van der Waals surface area contributed by atoms with Crippen LogP contribution in [0, 0.1) is 5.92 Å². The summed E-state index contributed by atoms with van der Waals surface area (Å²) in [6, 6.07) is 0. The van der Waals surface area contributed by atoms with E-state index in [0.29, 0.717) is 12.3 Å². The molecule has 1 saturated heterocycles. The van der Waals surface area contributed by atoms with Gasteiger partial charge in [0.2, 0.25) is 0 Å². The number of rotatable bonds is 5. The molecule has 86 valence electrons. The Morgan fingerprint density at radius 3 is 2.67 bits per heavy atom. The largest absolute Gasteiger partial charge is 0.502 e. The molecular weight excluding hydrogens is 192 g/mol. The summed E-state index contributed by atoms with van der Waals surface area (Å²) in [4.78, 5) is 12.4. The minimum absolute atomic E-state index is 0.139. The second-order valence-electron chi connectivity index (χ2n) is 4.16. The molecule has 0 aromatic heterocycles. The zero-order chi connectivity index (χ0) is 11.1. The van der Waals surface area contributed by atoms with Crippen molar-refractivity contribution in [2.75, 3.05) is 26.2 Å². The van der Waals surface area contributed by atoms with Crippen LogP contribution in [-0.4, -0.2) is 42.1 Å². The number of carbonyl (C=O) groups excluding carboxylic acids is 1. The quantitative estimate of drug-likeness (QED) is 0.520. The van der Waals surface area contributed by atoms with Crippen molar-refractivity contribution in [3.05, 3.63) is 5.76 Å². The number of likely N-dealkylation sites (tertiary alicyclic amines) is 1. The maximum Gasteiger partial charge on any atom is 0.176 e. The number of hydrogen-bond acceptors (Lipinski definition) is 4. The van der Waals surface area contributed by atoms with Gasteiger partial charge in [0.05, 0.1) is 0 Å². The lowest BCUT2D eigenvalue weighted by Crippen LogP contribution is -2.37. The standard InChI is InChI=1S/C11H20N2O2/c12-5-8-13-6-3-10(4-7-13)1-2-11(15)9-14/h10,15H,1-8,12H2. The number of hydrogen-bond donors (Lipinski definition) is 2.